The fourth-order valence-corrected chi connectivity index (χ4v) is 1.30. The van der Waals surface area contributed by atoms with Crippen molar-refractivity contribution in [1.29, 1.82) is 0 Å². The SMILES string of the molecule is CCc1ccc(NC)nc1CC. The summed E-state index contributed by atoms with van der Waals surface area (Å²) in [7, 11) is 1.90. The molecule has 1 aromatic rings. The molecule has 1 aromatic heterocycles. The van der Waals surface area contributed by atoms with Crippen LogP contribution in [-0.2, 0) is 12.8 Å². The van der Waals surface area contributed by atoms with Gasteiger partial charge in [0.1, 0.15) is 5.82 Å². The Hall–Kier alpha value is -1.05. The average molecular weight is 164 g/mol. The van der Waals surface area contributed by atoms with Gasteiger partial charge in [0.25, 0.3) is 0 Å². The fourth-order valence-electron chi connectivity index (χ4n) is 1.30. The first-order valence-electron chi connectivity index (χ1n) is 4.48. The van der Waals surface area contributed by atoms with E-state index in [9.17, 15) is 0 Å². The molecule has 0 aliphatic carbocycles. The molecule has 0 atom stereocenters. The van der Waals surface area contributed by atoms with E-state index in [1.807, 2.05) is 13.1 Å². The van der Waals surface area contributed by atoms with Gasteiger partial charge in [0.05, 0.1) is 0 Å². The van der Waals surface area contributed by atoms with Gasteiger partial charge in [0.2, 0.25) is 0 Å². The Balaban J connectivity index is 3.02. The molecule has 0 saturated heterocycles. The zero-order valence-electron chi connectivity index (χ0n) is 8.02. The third kappa shape index (κ3) is 1.76. The smallest absolute Gasteiger partial charge is 0.125 e. The number of aryl methyl sites for hydroxylation is 2. The highest BCUT2D eigenvalue weighted by molar-refractivity contribution is 5.38. The molecule has 0 unspecified atom stereocenters. The van der Waals surface area contributed by atoms with Crippen LogP contribution in [0.5, 0.6) is 0 Å². The van der Waals surface area contributed by atoms with Crippen LogP contribution in [0.2, 0.25) is 0 Å². The molecule has 0 bridgehead atoms. The number of pyridine rings is 1. The second-order valence-corrected chi connectivity index (χ2v) is 2.76. The van der Waals surface area contributed by atoms with Crippen molar-refractivity contribution < 1.29 is 0 Å². The Morgan fingerprint density at radius 1 is 1.25 bits per heavy atom. The fraction of sp³-hybridized carbons (Fsp3) is 0.500. The second kappa shape index (κ2) is 4.10. The Morgan fingerprint density at radius 2 is 2.00 bits per heavy atom. The van der Waals surface area contributed by atoms with Crippen LogP contribution in [0, 0.1) is 0 Å². The number of rotatable bonds is 3. The van der Waals surface area contributed by atoms with Crippen molar-refractivity contribution in [3.05, 3.63) is 23.4 Å². The van der Waals surface area contributed by atoms with E-state index < -0.39 is 0 Å². The number of nitrogens with zero attached hydrogens (tertiary/aromatic N) is 1. The highest BCUT2D eigenvalue weighted by Crippen LogP contribution is 2.11. The van der Waals surface area contributed by atoms with E-state index in [4.69, 9.17) is 0 Å². The van der Waals surface area contributed by atoms with Gasteiger partial charge in [-0.05, 0) is 24.5 Å². The molecule has 0 radical (unpaired) electrons. The molecule has 1 heterocycles. The summed E-state index contributed by atoms with van der Waals surface area (Å²) in [5, 5.41) is 3.04. The summed E-state index contributed by atoms with van der Waals surface area (Å²) in [5.74, 6) is 0.962. The molecular weight excluding hydrogens is 148 g/mol. The van der Waals surface area contributed by atoms with Crippen LogP contribution in [0.15, 0.2) is 12.1 Å². The molecule has 0 fully saturated rings. The lowest BCUT2D eigenvalue weighted by Gasteiger charge is -2.06. The maximum Gasteiger partial charge on any atom is 0.125 e. The number of anilines is 1. The van der Waals surface area contributed by atoms with Crippen LogP contribution < -0.4 is 5.32 Å². The Morgan fingerprint density at radius 3 is 2.50 bits per heavy atom. The van der Waals surface area contributed by atoms with E-state index in [1.165, 1.54) is 11.3 Å². The van der Waals surface area contributed by atoms with Gasteiger partial charge in [0.15, 0.2) is 0 Å². The van der Waals surface area contributed by atoms with Gasteiger partial charge in [-0.15, -0.1) is 0 Å². The summed E-state index contributed by atoms with van der Waals surface area (Å²) in [5.41, 5.74) is 2.57. The number of hydrogen-bond donors (Lipinski definition) is 1. The number of nitrogens with one attached hydrogen (secondary N) is 1. The van der Waals surface area contributed by atoms with Crippen molar-refractivity contribution in [2.24, 2.45) is 0 Å². The summed E-state index contributed by atoms with van der Waals surface area (Å²) in [6, 6.07) is 4.18. The molecule has 66 valence electrons. The second-order valence-electron chi connectivity index (χ2n) is 2.76. The van der Waals surface area contributed by atoms with Gasteiger partial charge in [-0.25, -0.2) is 4.98 Å². The van der Waals surface area contributed by atoms with E-state index in [0.29, 0.717) is 0 Å². The molecule has 0 saturated carbocycles. The molecule has 0 aromatic carbocycles. The molecule has 0 amide bonds. The molecule has 1 N–H and O–H groups in total. The van der Waals surface area contributed by atoms with Crippen LogP contribution in [0.1, 0.15) is 25.1 Å². The zero-order valence-corrected chi connectivity index (χ0v) is 8.02. The minimum Gasteiger partial charge on any atom is -0.373 e. The number of aromatic nitrogens is 1. The first kappa shape index (κ1) is 9.04. The average Bonchev–Trinajstić information content (AvgIpc) is 2.16. The van der Waals surface area contributed by atoms with Crippen molar-refractivity contribution in [3.63, 3.8) is 0 Å². The maximum absolute atomic E-state index is 4.47. The normalized spacial score (nSPS) is 9.92. The minimum absolute atomic E-state index is 0.962. The van der Waals surface area contributed by atoms with E-state index in [-0.39, 0.29) is 0 Å². The third-order valence-corrected chi connectivity index (χ3v) is 2.04. The summed E-state index contributed by atoms with van der Waals surface area (Å²) >= 11 is 0. The van der Waals surface area contributed by atoms with Crippen LogP contribution in [0.3, 0.4) is 0 Å². The van der Waals surface area contributed by atoms with E-state index >= 15 is 0 Å². The monoisotopic (exact) mass is 164 g/mol. The van der Waals surface area contributed by atoms with Crippen LogP contribution in [0.25, 0.3) is 0 Å². The molecular formula is C10H16N2. The van der Waals surface area contributed by atoms with Gasteiger partial charge >= 0.3 is 0 Å². The van der Waals surface area contributed by atoms with Gasteiger partial charge in [-0.1, -0.05) is 19.9 Å². The highest BCUT2D eigenvalue weighted by Gasteiger charge is 2.00. The van der Waals surface area contributed by atoms with Crippen molar-refractivity contribution in [2.75, 3.05) is 12.4 Å². The number of hydrogen-bond acceptors (Lipinski definition) is 2. The minimum atomic E-state index is 0.962. The van der Waals surface area contributed by atoms with Crippen molar-refractivity contribution >= 4 is 5.82 Å². The lowest BCUT2D eigenvalue weighted by Crippen LogP contribution is -1.99. The van der Waals surface area contributed by atoms with Crippen LogP contribution >= 0.6 is 0 Å². The summed E-state index contributed by atoms with van der Waals surface area (Å²) in [4.78, 5) is 4.47. The molecule has 0 aliphatic heterocycles. The standard InChI is InChI=1S/C10H16N2/c1-4-8-6-7-10(11-3)12-9(8)5-2/h6-7H,4-5H2,1-3H3,(H,11,12). The Kier molecular flexibility index (Phi) is 3.09. The summed E-state index contributed by atoms with van der Waals surface area (Å²) in [6.07, 6.45) is 2.08. The first-order valence-corrected chi connectivity index (χ1v) is 4.48. The van der Waals surface area contributed by atoms with Gasteiger partial charge in [0, 0.05) is 12.7 Å². The van der Waals surface area contributed by atoms with E-state index in [0.717, 1.165) is 18.7 Å². The molecule has 1 rings (SSSR count). The predicted molar refractivity (Wildman–Crippen MR) is 52.5 cm³/mol. The maximum atomic E-state index is 4.47. The molecule has 2 nitrogen and oxygen atoms in total. The Labute approximate surface area is 74.0 Å². The lowest BCUT2D eigenvalue weighted by atomic mass is 10.1. The largest absolute Gasteiger partial charge is 0.373 e. The molecule has 12 heavy (non-hydrogen) atoms. The summed E-state index contributed by atoms with van der Waals surface area (Å²) < 4.78 is 0. The van der Waals surface area contributed by atoms with Gasteiger partial charge in [-0.3, -0.25) is 0 Å². The van der Waals surface area contributed by atoms with Crippen molar-refractivity contribution in [1.82, 2.24) is 4.98 Å². The first-order chi connectivity index (χ1) is 5.81. The predicted octanol–water partition coefficient (Wildman–Crippen LogP) is 2.25. The van der Waals surface area contributed by atoms with Gasteiger partial charge < -0.3 is 5.32 Å². The van der Waals surface area contributed by atoms with Gasteiger partial charge in [-0.2, -0.15) is 0 Å². The zero-order chi connectivity index (χ0) is 8.97. The molecule has 0 spiro atoms. The van der Waals surface area contributed by atoms with Crippen LogP contribution in [0.4, 0.5) is 5.82 Å². The van der Waals surface area contributed by atoms with Crippen LogP contribution in [-0.4, -0.2) is 12.0 Å². The Bertz CT molecular complexity index is 256. The summed E-state index contributed by atoms with van der Waals surface area (Å²) in [6.45, 7) is 4.30. The highest BCUT2D eigenvalue weighted by atomic mass is 15.0. The molecule has 0 aliphatic rings. The quantitative estimate of drug-likeness (QED) is 0.741. The van der Waals surface area contributed by atoms with Crippen molar-refractivity contribution in [2.45, 2.75) is 26.7 Å². The topological polar surface area (TPSA) is 24.9 Å². The lowest BCUT2D eigenvalue weighted by molar-refractivity contribution is 0.965. The van der Waals surface area contributed by atoms with Crippen molar-refractivity contribution in [3.8, 4) is 0 Å². The van der Waals surface area contributed by atoms with E-state index in [1.54, 1.807) is 0 Å². The third-order valence-electron chi connectivity index (χ3n) is 2.04. The van der Waals surface area contributed by atoms with E-state index in [2.05, 4.69) is 30.2 Å². The molecule has 2 heteroatoms.